The zero-order valence-corrected chi connectivity index (χ0v) is 12.5. The molecule has 0 saturated heterocycles. The molecule has 0 radical (unpaired) electrons. The molecule has 0 fully saturated rings. The summed E-state index contributed by atoms with van der Waals surface area (Å²) in [6.45, 7) is 0.426. The lowest BCUT2D eigenvalue weighted by molar-refractivity contribution is 0.0690. The molecule has 106 valence electrons. The van der Waals surface area contributed by atoms with Gasteiger partial charge in [0.05, 0.1) is 15.0 Å². The molecule has 2 aromatic rings. The number of aromatic carboxylic acids is 1. The van der Waals surface area contributed by atoms with E-state index in [0.717, 1.165) is 14.7 Å². The monoisotopic (exact) mass is 361 g/mol. The first-order valence-electron chi connectivity index (χ1n) is 5.68. The van der Waals surface area contributed by atoms with Crippen LogP contribution >= 0.6 is 27.3 Å². The first-order chi connectivity index (χ1) is 9.49. The molecule has 7 heteroatoms. The van der Waals surface area contributed by atoms with Crippen LogP contribution in [-0.2, 0) is 6.42 Å². The van der Waals surface area contributed by atoms with Gasteiger partial charge in [0.2, 0.25) is 0 Å². The molecule has 0 unspecified atom stereocenters. The highest BCUT2D eigenvalue weighted by molar-refractivity contribution is 9.11. The molecule has 1 aromatic heterocycles. The van der Waals surface area contributed by atoms with Gasteiger partial charge in [-0.3, -0.25) is 0 Å². The van der Waals surface area contributed by atoms with E-state index in [1.165, 1.54) is 6.07 Å². The maximum absolute atomic E-state index is 13.6. The van der Waals surface area contributed by atoms with Crippen LogP contribution in [0.2, 0.25) is 0 Å². The minimum Gasteiger partial charge on any atom is -0.478 e. The Hall–Kier alpha value is -1.47. The normalized spacial score (nSPS) is 10.6. The lowest BCUT2D eigenvalue weighted by Crippen LogP contribution is -2.09. The first-order valence-corrected chi connectivity index (χ1v) is 7.29. The largest absolute Gasteiger partial charge is 0.478 e. The number of rotatable bonds is 5. The molecule has 0 saturated carbocycles. The molecule has 1 aromatic carbocycles. The molecule has 1 heterocycles. The van der Waals surface area contributed by atoms with Gasteiger partial charge in [-0.25, -0.2) is 13.6 Å². The molecule has 0 aliphatic carbocycles. The molecule has 0 aliphatic rings. The minimum absolute atomic E-state index is 0.0388. The van der Waals surface area contributed by atoms with E-state index in [1.807, 2.05) is 12.1 Å². The zero-order valence-electron chi connectivity index (χ0n) is 10.1. The van der Waals surface area contributed by atoms with Crippen molar-refractivity contribution in [2.45, 2.75) is 6.42 Å². The summed E-state index contributed by atoms with van der Waals surface area (Å²) in [4.78, 5) is 11.8. The van der Waals surface area contributed by atoms with Crippen molar-refractivity contribution in [2.75, 3.05) is 11.9 Å². The lowest BCUT2D eigenvalue weighted by Gasteiger charge is -2.08. The highest BCUT2D eigenvalue weighted by Gasteiger charge is 2.17. The fourth-order valence-corrected chi connectivity index (χ4v) is 3.14. The maximum atomic E-state index is 13.6. The van der Waals surface area contributed by atoms with Crippen LogP contribution in [0.3, 0.4) is 0 Å². The van der Waals surface area contributed by atoms with Crippen molar-refractivity contribution in [2.24, 2.45) is 0 Å². The first kappa shape index (κ1) is 14.9. The summed E-state index contributed by atoms with van der Waals surface area (Å²) < 4.78 is 28.1. The molecule has 3 nitrogen and oxygen atoms in total. The van der Waals surface area contributed by atoms with E-state index in [-0.39, 0.29) is 5.69 Å². The molecular weight excluding hydrogens is 352 g/mol. The van der Waals surface area contributed by atoms with Gasteiger partial charge in [-0.15, -0.1) is 11.3 Å². The summed E-state index contributed by atoms with van der Waals surface area (Å²) in [6.07, 6.45) is 0.665. The quantitative estimate of drug-likeness (QED) is 0.841. The SMILES string of the molecule is O=C(O)c1ccc(NCCc2ccc(Br)s2)c(F)c1F. The van der Waals surface area contributed by atoms with E-state index in [4.69, 9.17) is 5.11 Å². The second-order valence-electron chi connectivity index (χ2n) is 3.98. The van der Waals surface area contributed by atoms with Gasteiger partial charge < -0.3 is 10.4 Å². The highest BCUT2D eigenvalue weighted by atomic mass is 79.9. The van der Waals surface area contributed by atoms with Crippen molar-refractivity contribution in [3.8, 4) is 0 Å². The number of carboxylic acid groups (broad SMARTS) is 1. The van der Waals surface area contributed by atoms with Gasteiger partial charge in [-0.1, -0.05) is 0 Å². The van der Waals surface area contributed by atoms with E-state index in [1.54, 1.807) is 11.3 Å². The number of thiophene rings is 1. The van der Waals surface area contributed by atoms with Crippen LogP contribution < -0.4 is 5.32 Å². The Bertz CT molecular complexity index is 645. The van der Waals surface area contributed by atoms with E-state index in [2.05, 4.69) is 21.2 Å². The van der Waals surface area contributed by atoms with Gasteiger partial charge in [-0.2, -0.15) is 0 Å². The Labute approximate surface area is 126 Å². The third kappa shape index (κ3) is 3.34. The van der Waals surface area contributed by atoms with Gasteiger partial charge in [0.1, 0.15) is 0 Å². The van der Waals surface area contributed by atoms with E-state index in [0.29, 0.717) is 13.0 Å². The van der Waals surface area contributed by atoms with Crippen molar-refractivity contribution in [3.63, 3.8) is 0 Å². The fraction of sp³-hybridized carbons (Fsp3) is 0.154. The van der Waals surface area contributed by atoms with E-state index in [9.17, 15) is 13.6 Å². The predicted octanol–water partition coefficient (Wildman–Crippen LogP) is 4.14. The third-order valence-electron chi connectivity index (χ3n) is 2.63. The summed E-state index contributed by atoms with van der Waals surface area (Å²) in [5.74, 6) is -4.00. The van der Waals surface area contributed by atoms with Crippen LogP contribution in [0, 0.1) is 11.6 Å². The van der Waals surface area contributed by atoms with E-state index >= 15 is 0 Å². The number of anilines is 1. The summed E-state index contributed by atoms with van der Waals surface area (Å²) in [5.41, 5.74) is -0.710. The average Bonchev–Trinajstić information content (AvgIpc) is 2.80. The smallest absolute Gasteiger partial charge is 0.338 e. The minimum atomic E-state index is -1.49. The number of carbonyl (C=O) groups is 1. The Kier molecular flexibility index (Phi) is 4.72. The number of carboxylic acids is 1. The van der Waals surface area contributed by atoms with Crippen molar-refractivity contribution in [1.82, 2.24) is 0 Å². The molecular formula is C13H10BrF2NO2S. The van der Waals surface area contributed by atoms with Crippen molar-refractivity contribution in [3.05, 3.63) is 50.1 Å². The molecule has 0 amide bonds. The molecule has 0 bridgehead atoms. The second-order valence-corrected chi connectivity index (χ2v) is 6.52. The van der Waals surface area contributed by atoms with Crippen LogP contribution in [0.5, 0.6) is 0 Å². The number of hydrogen-bond acceptors (Lipinski definition) is 3. The van der Waals surface area contributed by atoms with Crippen molar-refractivity contribution in [1.29, 1.82) is 0 Å². The summed E-state index contributed by atoms with van der Waals surface area (Å²) in [5, 5.41) is 11.4. The van der Waals surface area contributed by atoms with Gasteiger partial charge in [0.15, 0.2) is 11.6 Å². The Morgan fingerprint density at radius 2 is 2.00 bits per heavy atom. The van der Waals surface area contributed by atoms with Crippen LogP contribution in [0.25, 0.3) is 0 Å². The zero-order chi connectivity index (χ0) is 14.7. The van der Waals surface area contributed by atoms with Gasteiger partial charge >= 0.3 is 5.97 Å². The number of nitrogens with one attached hydrogen (secondary N) is 1. The standard InChI is InChI=1S/C13H10BrF2NO2S/c14-10-4-1-7(20-10)5-6-17-9-3-2-8(13(18)19)11(15)12(9)16/h1-4,17H,5-6H2,(H,18,19). The lowest BCUT2D eigenvalue weighted by atomic mass is 10.2. The third-order valence-corrected chi connectivity index (χ3v) is 4.31. The van der Waals surface area contributed by atoms with Crippen LogP contribution in [0.1, 0.15) is 15.2 Å². The van der Waals surface area contributed by atoms with Gasteiger partial charge in [0, 0.05) is 11.4 Å². The molecule has 2 rings (SSSR count). The van der Waals surface area contributed by atoms with Gasteiger partial charge in [0.25, 0.3) is 0 Å². The number of halogens is 3. The summed E-state index contributed by atoms with van der Waals surface area (Å²) in [6, 6.07) is 6.14. The predicted molar refractivity (Wildman–Crippen MR) is 77.5 cm³/mol. The highest BCUT2D eigenvalue weighted by Crippen LogP contribution is 2.23. The van der Waals surface area contributed by atoms with Crippen molar-refractivity contribution < 1.29 is 18.7 Å². The average molecular weight is 362 g/mol. The molecule has 2 N–H and O–H groups in total. The fourth-order valence-electron chi connectivity index (χ4n) is 1.66. The van der Waals surface area contributed by atoms with E-state index < -0.39 is 23.2 Å². The second kappa shape index (κ2) is 6.32. The molecule has 0 aliphatic heterocycles. The van der Waals surface area contributed by atoms with Gasteiger partial charge in [-0.05, 0) is 46.6 Å². The molecule has 20 heavy (non-hydrogen) atoms. The molecule has 0 atom stereocenters. The summed E-state index contributed by atoms with van der Waals surface area (Å²) >= 11 is 4.91. The topological polar surface area (TPSA) is 49.3 Å². The Balaban J connectivity index is 2.03. The Morgan fingerprint density at radius 1 is 1.25 bits per heavy atom. The van der Waals surface area contributed by atoms with Crippen LogP contribution in [0.4, 0.5) is 14.5 Å². The molecule has 0 spiro atoms. The number of benzene rings is 1. The van der Waals surface area contributed by atoms with Crippen LogP contribution in [-0.4, -0.2) is 17.6 Å². The van der Waals surface area contributed by atoms with Crippen LogP contribution in [0.15, 0.2) is 28.1 Å². The Morgan fingerprint density at radius 3 is 2.60 bits per heavy atom. The summed E-state index contributed by atoms with van der Waals surface area (Å²) in [7, 11) is 0. The van der Waals surface area contributed by atoms with Crippen molar-refractivity contribution >= 4 is 38.9 Å². The maximum Gasteiger partial charge on any atom is 0.338 e. The number of hydrogen-bond donors (Lipinski definition) is 2.